The van der Waals surface area contributed by atoms with Gasteiger partial charge < -0.3 is 9.47 Å². The molecule has 138 valence electrons. The second kappa shape index (κ2) is 5.98. The van der Waals surface area contributed by atoms with Crippen molar-refractivity contribution in [2.45, 2.75) is 104 Å². The summed E-state index contributed by atoms with van der Waals surface area (Å²) in [5.74, 6) is 3.90. The van der Waals surface area contributed by atoms with E-state index in [0.717, 1.165) is 30.1 Å². The maximum atomic E-state index is 6.78. The number of hydrogen-bond donors (Lipinski definition) is 0. The molecule has 1 saturated heterocycles. The molecule has 2 heteroatoms. The number of fused-ring (bicyclic) bond motifs is 5. The summed E-state index contributed by atoms with van der Waals surface area (Å²) in [5.41, 5.74) is 0.458. The summed E-state index contributed by atoms with van der Waals surface area (Å²) in [6, 6.07) is 0. The first-order valence-electron chi connectivity index (χ1n) is 10.7. The molecule has 0 aromatic carbocycles. The minimum atomic E-state index is 0.0407. The van der Waals surface area contributed by atoms with Gasteiger partial charge in [0.15, 0.2) is 6.29 Å². The highest BCUT2D eigenvalue weighted by atomic mass is 16.7. The lowest BCUT2D eigenvalue weighted by atomic mass is 9.61. The SMILES string of the molecule is CC(C)[C@@H]1CC[C@@H](C)C[C@H]1O[C@@H]1CC[C@@]2(C)[C@@H]3CC[C@@H](C3)[C@@]2(C)O1. The lowest BCUT2D eigenvalue weighted by Crippen LogP contribution is -2.57. The summed E-state index contributed by atoms with van der Waals surface area (Å²) in [6.07, 6.45) is 11.0. The molecule has 0 spiro atoms. The Morgan fingerprint density at radius 3 is 2.46 bits per heavy atom. The van der Waals surface area contributed by atoms with Gasteiger partial charge in [-0.3, -0.25) is 0 Å². The smallest absolute Gasteiger partial charge is 0.158 e. The highest BCUT2D eigenvalue weighted by Crippen LogP contribution is 2.67. The maximum absolute atomic E-state index is 6.78. The van der Waals surface area contributed by atoms with Crippen molar-refractivity contribution >= 4 is 0 Å². The number of ether oxygens (including phenoxy) is 2. The van der Waals surface area contributed by atoms with E-state index in [1.54, 1.807) is 0 Å². The first kappa shape index (κ1) is 17.3. The summed E-state index contributed by atoms with van der Waals surface area (Å²) >= 11 is 0. The zero-order chi connectivity index (χ0) is 17.1. The monoisotopic (exact) mass is 334 g/mol. The molecule has 0 aromatic rings. The van der Waals surface area contributed by atoms with Gasteiger partial charge in [-0.15, -0.1) is 0 Å². The Morgan fingerprint density at radius 1 is 0.958 bits per heavy atom. The van der Waals surface area contributed by atoms with Crippen molar-refractivity contribution in [2.75, 3.05) is 0 Å². The van der Waals surface area contributed by atoms with Gasteiger partial charge in [0.05, 0.1) is 11.7 Å². The van der Waals surface area contributed by atoms with Crippen LogP contribution < -0.4 is 0 Å². The van der Waals surface area contributed by atoms with Gasteiger partial charge in [-0.25, -0.2) is 0 Å². The summed E-state index contributed by atoms with van der Waals surface area (Å²) in [5, 5.41) is 0. The molecule has 4 aliphatic rings. The quantitative estimate of drug-likeness (QED) is 0.650. The van der Waals surface area contributed by atoms with Crippen LogP contribution in [0.4, 0.5) is 0 Å². The van der Waals surface area contributed by atoms with Crippen molar-refractivity contribution in [2.24, 2.45) is 35.0 Å². The molecule has 0 radical (unpaired) electrons. The average Bonchev–Trinajstić information content (AvgIpc) is 3.08. The first-order valence-corrected chi connectivity index (χ1v) is 10.7. The molecule has 8 atom stereocenters. The fraction of sp³-hybridized carbons (Fsp3) is 1.00. The van der Waals surface area contributed by atoms with Crippen molar-refractivity contribution in [1.82, 2.24) is 0 Å². The molecule has 3 saturated carbocycles. The molecule has 0 N–H and O–H groups in total. The van der Waals surface area contributed by atoms with E-state index in [9.17, 15) is 0 Å². The van der Waals surface area contributed by atoms with Crippen molar-refractivity contribution in [1.29, 1.82) is 0 Å². The van der Waals surface area contributed by atoms with Gasteiger partial charge in [0, 0.05) is 0 Å². The van der Waals surface area contributed by atoms with Crippen LogP contribution in [0.5, 0.6) is 0 Å². The summed E-state index contributed by atoms with van der Waals surface area (Å²) in [4.78, 5) is 0. The predicted molar refractivity (Wildman–Crippen MR) is 97.7 cm³/mol. The molecule has 1 aliphatic heterocycles. The molecular weight excluding hydrogens is 296 g/mol. The van der Waals surface area contributed by atoms with E-state index in [4.69, 9.17) is 9.47 Å². The normalized spacial score (nSPS) is 54.2. The topological polar surface area (TPSA) is 18.5 Å². The third-order valence-corrected chi connectivity index (χ3v) is 8.81. The van der Waals surface area contributed by atoms with E-state index >= 15 is 0 Å². The molecular formula is C22H38O2. The van der Waals surface area contributed by atoms with Crippen LogP contribution in [0.15, 0.2) is 0 Å². The Bertz CT molecular complexity index is 475. The van der Waals surface area contributed by atoms with Gasteiger partial charge in [-0.2, -0.15) is 0 Å². The second-order valence-corrected chi connectivity index (χ2v) is 10.3. The molecule has 2 bridgehead atoms. The lowest BCUT2D eigenvalue weighted by molar-refractivity contribution is -0.306. The largest absolute Gasteiger partial charge is 0.349 e. The molecule has 2 nitrogen and oxygen atoms in total. The number of rotatable bonds is 3. The third-order valence-electron chi connectivity index (χ3n) is 8.81. The maximum Gasteiger partial charge on any atom is 0.158 e. The Kier molecular flexibility index (Phi) is 4.32. The van der Waals surface area contributed by atoms with Crippen LogP contribution in [0.3, 0.4) is 0 Å². The van der Waals surface area contributed by atoms with Gasteiger partial charge in [-0.05, 0) is 86.9 Å². The van der Waals surface area contributed by atoms with Crippen LogP contribution in [-0.2, 0) is 9.47 Å². The van der Waals surface area contributed by atoms with Gasteiger partial charge in [-0.1, -0.05) is 34.1 Å². The molecule has 1 heterocycles. The van der Waals surface area contributed by atoms with E-state index < -0.39 is 0 Å². The van der Waals surface area contributed by atoms with Crippen LogP contribution >= 0.6 is 0 Å². The third kappa shape index (κ3) is 2.50. The Labute approximate surface area is 149 Å². The Balaban J connectivity index is 1.46. The molecule has 3 aliphatic carbocycles. The van der Waals surface area contributed by atoms with E-state index in [1.165, 1.54) is 44.9 Å². The van der Waals surface area contributed by atoms with Gasteiger partial charge in [0.1, 0.15) is 0 Å². The Hall–Kier alpha value is -0.0800. The van der Waals surface area contributed by atoms with Crippen LogP contribution in [-0.4, -0.2) is 18.0 Å². The van der Waals surface area contributed by atoms with E-state index in [2.05, 4.69) is 34.6 Å². The molecule has 0 amide bonds. The standard InChI is InChI=1S/C22H38O2/c1-14(2)18-9-6-15(3)12-19(18)23-20-10-11-21(4)16-7-8-17(13-16)22(21,5)24-20/h14-20H,6-13H2,1-5H3/t15-,16-,17+,18+,19-,20+,21+,22-/m1/s1. The van der Waals surface area contributed by atoms with Crippen LogP contribution in [0.1, 0.15) is 86.0 Å². The van der Waals surface area contributed by atoms with Crippen molar-refractivity contribution < 1.29 is 9.47 Å². The highest BCUT2D eigenvalue weighted by molar-refractivity contribution is 5.14. The first-order chi connectivity index (χ1) is 11.3. The molecule has 4 rings (SSSR count). The highest BCUT2D eigenvalue weighted by Gasteiger charge is 2.65. The zero-order valence-electron chi connectivity index (χ0n) is 16.5. The lowest BCUT2D eigenvalue weighted by Gasteiger charge is -2.55. The van der Waals surface area contributed by atoms with Crippen LogP contribution in [0, 0.1) is 35.0 Å². The summed E-state index contributed by atoms with van der Waals surface area (Å²) in [7, 11) is 0. The summed E-state index contributed by atoms with van der Waals surface area (Å²) in [6.45, 7) is 12.0. The van der Waals surface area contributed by atoms with Gasteiger partial charge >= 0.3 is 0 Å². The van der Waals surface area contributed by atoms with E-state index in [1.807, 2.05) is 0 Å². The van der Waals surface area contributed by atoms with E-state index in [-0.39, 0.29) is 11.9 Å². The predicted octanol–water partition coefficient (Wildman–Crippen LogP) is 5.80. The molecule has 0 unspecified atom stereocenters. The molecule has 4 fully saturated rings. The van der Waals surface area contributed by atoms with E-state index in [0.29, 0.717) is 17.4 Å². The minimum Gasteiger partial charge on any atom is -0.349 e. The average molecular weight is 335 g/mol. The Morgan fingerprint density at radius 2 is 1.71 bits per heavy atom. The molecule has 0 aromatic heterocycles. The minimum absolute atomic E-state index is 0.0407. The fourth-order valence-corrected chi connectivity index (χ4v) is 6.93. The van der Waals surface area contributed by atoms with Crippen molar-refractivity contribution in [3.05, 3.63) is 0 Å². The molecule has 24 heavy (non-hydrogen) atoms. The fourth-order valence-electron chi connectivity index (χ4n) is 6.93. The zero-order valence-corrected chi connectivity index (χ0v) is 16.5. The van der Waals surface area contributed by atoms with Crippen LogP contribution in [0.2, 0.25) is 0 Å². The number of hydrogen-bond acceptors (Lipinski definition) is 2. The van der Waals surface area contributed by atoms with Crippen LogP contribution in [0.25, 0.3) is 0 Å². The van der Waals surface area contributed by atoms with Crippen molar-refractivity contribution in [3.8, 4) is 0 Å². The second-order valence-electron chi connectivity index (χ2n) is 10.3. The van der Waals surface area contributed by atoms with Gasteiger partial charge in [0.25, 0.3) is 0 Å². The van der Waals surface area contributed by atoms with Crippen molar-refractivity contribution in [3.63, 3.8) is 0 Å². The summed E-state index contributed by atoms with van der Waals surface area (Å²) < 4.78 is 13.5. The van der Waals surface area contributed by atoms with Gasteiger partial charge in [0.2, 0.25) is 0 Å².